The molecule has 0 aromatic rings. The molecular formula is C11H16BO2. The Hall–Kier alpha value is -0.275. The van der Waals surface area contributed by atoms with E-state index in [0.29, 0.717) is 17.3 Å². The first-order valence-corrected chi connectivity index (χ1v) is 5.31. The van der Waals surface area contributed by atoms with Crippen LogP contribution in [0.5, 0.6) is 0 Å². The van der Waals surface area contributed by atoms with E-state index in [9.17, 15) is 0 Å². The third-order valence-corrected chi connectivity index (χ3v) is 4.64. The van der Waals surface area contributed by atoms with Gasteiger partial charge in [-0.15, -0.1) is 0 Å². The van der Waals surface area contributed by atoms with E-state index in [-0.39, 0.29) is 11.7 Å². The zero-order valence-electron chi connectivity index (χ0n) is 9.04. The zero-order valence-corrected chi connectivity index (χ0v) is 9.04. The zero-order chi connectivity index (χ0) is 10.1. The maximum atomic E-state index is 5.69. The molecule has 14 heavy (non-hydrogen) atoms. The van der Waals surface area contributed by atoms with Crippen LogP contribution in [-0.4, -0.2) is 19.4 Å². The van der Waals surface area contributed by atoms with Crippen molar-refractivity contribution in [2.45, 2.75) is 38.9 Å². The van der Waals surface area contributed by atoms with Crippen LogP contribution in [0.25, 0.3) is 0 Å². The van der Waals surface area contributed by atoms with Gasteiger partial charge in [0, 0.05) is 5.92 Å². The molecule has 1 heterocycles. The lowest BCUT2D eigenvalue weighted by Gasteiger charge is -2.66. The number of rotatable bonds is 0. The predicted molar refractivity (Wildman–Crippen MR) is 54.6 cm³/mol. The minimum Gasteiger partial charge on any atom is -0.407 e. The molecule has 1 aliphatic heterocycles. The van der Waals surface area contributed by atoms with Crippen molar-refractivity contribution < 1.29 is 9.31 Å². The van der Waals surface area contributed by atoms with Gasteiger partial charge in [0.25, 0.3) is 0 Å². The SMILES string of the molecule is C=C1[C@H]2C[C@H]3O[B]O[C@@]3(C)[C@@H]1C2(C)C. The molecule has 0 aromatic carbocycles. The summed E-state index contributed by atoms with van der Waals surface area (Å²) in [6.45, 7) is 11.0. The Balaban J connectivity index is 2.04. The predicted octanol–water partition coefficient (Wildman–Crippen LogP) is 1.93. The summed E-state index contributed by atoms with van der Waals surface area (Å²) in [6.07, 6.45) is 1.31. The molecule has 4 aliphatic rings. The minimum atomic E-state index is -0.157. The average molecular weight is 191 g/mol. The molecule has 75 valence electrons. The molecule has 3 heteroatoms. The molecule has 1 saturated heterocycles. The third-order valence-electron chi connectivity index (χ3n) is 4.64. The molecule has 2 bridgehead atoms. The highest BCUT2D eigenvalue weighted by molar-refractivity contribution is 6.19. The summed E-state index contributed by atoms with van der Waals surface area (Å²) in [5.74, 6) is 1.08. The molecule has 2 nitrogen and oxygen atoms in total. The molecule has 3 aliphatic carbocycles. The van der Waals surface area contributed by atoms with Gasteiger partial charge in [-0.3, -0.25) is 0 Å². The van der Waals surface area contributed by atoms with E-state index >= 15 is 0 Å². The lowest BCUT2D eigenvalue weighted by atomic mass is 9.41. The van der Waals surface area contributed by atoms with Gasteiger partial charge < -0.3 is 9.31 Å². The monoisotopic (exact) mass is 191 g/mol. The Morgan fingerprint density at radius 1 is 1.43 bits per heavy atom. The van der Waals surface area contributed by atoms with Crippen molar-refractivity contribution in [3.8, 4) is 0 Å². The quantitative estimate of drug-likeness (QED) is 0.430. The Kier molecular flexibility index (Phi) is 1.46. The number of hydrogen-bond donors (Lipinski definition) is 0. The van der Waals surface area contributed by atoms with Crippen LogP contribution in [0.3, 0.4) is 0 Å². The molecular weight excluding hydrogens is 175 g/mol. The molecule has 1 radical (unpaired) electrons. The van der Waals surface area contributed by atoms with Crippen molar-refractivity contribution in [2.24, 2.45) is 17.3 Å². The summed E-state index contributed by atoms with van der Waals surface area (Å²) in [4.78, 5) is 0. The smallest absolute Gasteiger partial charge is 0.407 e. The standard InChI is InChI=1S/C11H16BO2/c1-6-7-5-8-11(4,14-12-13-8)9(6)10(7,2)3/h7-9H,1,5H2,2-4H3/t7-,8-,9+,11-/m1/s1. The summed E-state index contributed by atoms with van der Waals surface area (Å²) < 4.78 is 11.2. The first-order chi connectivity index (χ1) is 6.48. The van der Waals surface area contributed by atoms with Gasteiger partial charge in [-0.05, 0) is 24.7 Å². The highest BCUT2D eigenvalue weighted by atomic mass is 16.6. The molecule has 3 saturated carbocycles. The van der Waals surface area contributed by atoms with Crippen LogP contribution < -0.4 is 0 Å². The Labute approximate surface area is 86.0 Å². The fourth-order valence-corrected chi connectivity index (χ4v) is 3.99. The van der Waals surface area contributed by atoms with Gasteiger partial charge in [0.1, 0.15) is 0 Å². The van der Waals surface area contributed by atoms with E-state index in [1.54, 1.807) is 0 Å². The van der Waals surface area contributed by atoms with E-state index in [1.807, 2.05) is 0 Å². The van der Waals surface area contributed by atoms with Crippen molar-refractivity contribution in [1.82, 2.24) is 0 Å². The molecule has 0 N–H and O–H groups in total. The summed E-state index contributed by atoms with van der Waals surface area (Å²) in [5, 5.41) is 0. The van der Waals surface area contributed by atoms with Crippen LogP contribution in [-0.2, 0) is 9.31 Å². The van der Waals surface area contributed by atoms with E-state index < -0.39 is 0 Å². The second-order valence-electron chi connectivity index (χ2n) is 5.64. The fraction of sp³-hybridized carbons (Fsp3) is 0.818. The van der Waals surface area contributed by atoms with Crippen molar-refractivity contribution in [2.75, 3.05) is 0 Å². The molecule has 4 atom stereocenters. The van der Waals surface area contributed by atoms with Crippen LogP contribution in [0.2, 0.25) is 0 Å². The Morgan fingerprint density at radius 2 is 2.14 bits per heavy atom. The molecule has 4 rings (SSSR count). The van der Waals surface area contributed by atoms with E-state index in [4.69, 9.17) is 9.31 Å². The lowest BCUT2D eigenvalue weighted by molar-refractivity contribution is -0.151. The average Bonchev–Trinajstić information content (AvgIpc) is 2.44. The lowest BCUT2D eigenvalue weighted by Crippen LogP contribution is -2.66. The second kappa shape index (κ2) is 2.28. The van der Waals surface area contributed by atoms with Gasteiger partial charge in [0.2, 0.25) is 0 Å². The molecule has 0 amide bonds. The van der Waals surface area contributed by atoms with Gasteiger partial charge in [-0.25, -0.2) is 0 Å². The van der Waals surface area contributed by atoms with Crippen LogP contribution in [0.1, 0.15) is 27.2 Å². The van der Waals surface area contributed by atoms with E-state index in [1.165, 1.54) is 13.3 Å². The third kappa shape index (κ3) is 0.739. The topological polar surface area (TPSA) is 18.5 Å². The minimum absolute atomic E-state index is 0.157. The van der Waals surface area contributed by atoms with Crippen LogP contribution >= 0.6 is 0 Å². The van der Waals surface area contributed by atoms with Gasteiger partial charge in [0.05, 0.1) is 11.7 Å². The van der Waals surface area contributed by atoms with Crippen LogP contribution in [0, 0.1) is 17.3 Å². The normalized spacial score (nSPS) is 53.4. The number of hydrogen-bond acceptors (Lipinski definition) is 2. The summed E-state index contributed by atoms with van der Waals surface area (Å²) in [5.41, 5.74) is 1.55. The molecule has 0 unspecified atom stereocenters. The van der Waals surface area contributed by atoms with E-state index in [2.05, 4.69) is 27.4 Å². The summed E-state index contributed by atoms with van der Waals surface area (Å²) in [7, 11) is 1.52. The largest absolute Gasteiger partial charge is 0.488 e. The Morgan fingerprint density at radius 3 is 2.79 bits per heavy atom. The van der Waals surface area contributed by atoms with Gasteiger partial charge >= 0.3 is 7.69 Å². The summed E-state index contributed by atoms with van der Waals surface area (Å²) >= 11 is 0. The van der Waals surface area contributed by atoms with Crippen molar-refractivity contribution in [1.29, 1.82) is 0 Å². The highest BCUT2D eigenvalue weighted by Gasteiger charge is 2.68. The fourth-order valence-electron chi connectivity index (χ4n) is 3.99. The van der Waals surface area contributed by atoms with Gasteiger partial charge in [-0.1, -0.05) is 26.0 Å². The molecule has 0 spiro atoms. The van der Waals surface area contributed by atoms with Crippen molar-refractivity contribution in [3.05, 3.63) is 12.2 Å². The van der Waals surface area contributed by atoms with E-state index in [0.717, 1.165) is 6.42 Å². The maximum absolute atomic E-state index is 5.69. The second-order valence-corrected chi connectivity index (χ2v) is 5.64. The molecule has 4 fully saturated rings. The van der Waals surface area contributed by atoms with Gasteiger partial charge in [-0.2, -0.15) is 0 Å². The molecule has 0 aromatic heterocycles. The maximum Gasteiger partial charge on any atom is 0.488 e. The van der Waals surface area contributed by atoms with Crippen LogP contribution in [0.4, 0.5) is 0 Å². The highest BCUT2D eigenvalue weighted by Crippen LogP contribution is 2.67. The van der Waals surface area contributed by atoms with Gasteiger partial charge in [0.15, 0.2) is 0 Å². The summed E-state index contributed by atoms with van der Waals surface area (Å²) in [6, 6.07) is 0. The van der Waals surface area contributed by atoms with Crippen molar-refractivity contribution in [3.63, 3.8) is 0 Å². The Bertz CT molecular complexity index is 312. The van der Waals surface area contributed by atoms with Crippen LogP contribution in [0.15, 0.2) is 12.2 Å². The first-order valence-electron chi connectivity index (χ1n) is 5.31. The van der Waals surface area contributed by atoms with Crippen molar-refractivity contribution >= 4 is 7.69 Å². The first kappa shape index (κ1) is 8.99.